The Bertz CT molecular complexity index is 862. The zero-order valence-corrected chi connectivity index (χ0v) is 16.7. The van der Waals surface area contributed by atoms with Crippen molar-refractivity contribution in [3.8, 4) is 0 Å². The van der Waals surface area contributed by atoms with E-state index < -0.39 is 10.0 Å². The average molecular weight is 414 g/mol. The molecule has 0 aliphatic carbocycles. The van der Waals surface area contributed by atoms with E-state index >= 15 is 0 Å². The molecule has 1 aromatic heterocycles. The third-order valence-corrected chi connectivity index (χ3v) is 7.90. The molecule has 26 heavy (non-hydrogen) atoms. The van der Waals surface area contributed by atoms with Gasteiger partial charge >= 0.3 is 0 Å². The molecule has 0 spiro atoms. The predicted octanol–water partition coefficient (Wildman–Crippen LogP) is 2.37. The Morgan fingerprint density at radius 3 is 2.35 bits per heavy atom. The molecule has 1 amide bonds. The monoisotopic (exact) mass is 413 g/mol. The first-order valence-corrected chi connectivity index (χ1v) is 10.8. The molecule has 2 aromatic rings. The number of carbonyl (C=O) groups excluding carboxylic acids is 1. The molecule has 3 rings (SSSR count). The first kappa shape index (κ1) is 19.2. The van der Waals surface area contributed by atoms with Gasteiger partial charge in [-0.2, -0.15) is 4.31 Å². The molecule has 1 saturated heterocycles. The van der Waals surface area contributed by atoms with Crippen LogP contribution in [0.5, 0.6) is 0 Å². The number of halogens is 1. The van der Waals surface area contributed by atoms with Crippen LogP contribution in [0.4, 0.5) is 5.69 Å². The summed E-state index contributed by atoms with van der Waals surface area (Å²) < 4.78 is 27.3. The summed E-state index contributed by atoms with van der Waals surface area (Å²) in [6.45, 7) is 1.62. The van der Waals surface area contributed by atoms with E-state index in [0.29, 0.717) is 30.5 Å². The average Bonchev–Trinajstić information content (AvgIpc) is 3.10. The van der Waals surface area contributed by atoms with Crippen LogP contribution in [0.25, 0.3) is 0 Å². The molecule has 9 heteroatoms. The van der Waals surface area contributed by atoms with E-state index in [0.717, 1.165) is 17.0 Å². The summed E-state index contributed by atoms with van der Waals surface area (Å²) in [6, 6.07) is 12.8. The molecular formula is C17H20ClN3O3S2. The smallest absolute Gasteiger partial charge is 0.252 e. The van der Waals surface area contributed by atoms with Gasteiger partial charge in [-0.3, -0.25) is 4.79 Å². The number of para-hydroxylation sites is 1. The van der Waals surface area contributed by atoms with Crippen molar-refractivity contribution >= 4 is 44.6 Å². The first-order valence-electron chi connectivity index (χ1n) is 8.17. The number of sulfonamides is 1. The van der Waals surface area contributed by atoms with Gasteiger partial charge in [-0.15, -0.1) is 11.3 Å². The molecule has 0 N–H and O–H groups in total. The molecule has 6 nitrogen and oxygen atoms in total. The van der Waals surface area contributed by atoms with Crippen molar-refractivity contribution < 1.29 is 13.2 Å². The topological polar surface area (TPSA) is 60.9 Å². The quantitative estimate of drug-likeness (QED) is 0.755. The normalized spacial score (nSPS) is 15.8. The Kier molecular flexibility index (Phi) is 5.86. The van der Waals surface area contributed by atoms with Gasteiger partial charge < -0.3 is 9.80 Å². The van der Waals surface area contributed by atoms with Gasteiger partial charge in [0.1, 0.15) is 4.21 Å². The molecule has 0 radical (unpaired) electrons. The van der Waals surface area contributed by atoms with Gasteiger partial charge in [0.15, 0.2) is 0 Å². The molecule has 1 aliphatic heterocycles. The number of benzene rings is 1. The van der Waals surface area contributed by atoms with Crippen LogP contribution in [-0.4, -0.2) is 63.3 Å². The number of rotatable bonds is 5. The van der Waals surface area contributed by atoms with E-state index in [2.05, 4.69) is 0 Å². The highest BCUT2D eigenvalue weighted by molar-refractivity contribution is 7.91. The van der Waals surface area contributed by atoms with Crippen LogP contribution in [-0.2, 0) is 14.8 Å². The van der Waals surface area contributed by atoms with E-state index in [1.165, 1.54) is 10.4 Å². The standard InChI is InChI=1S/C17H20ClN3O3S2/c1-19(14-5-3-2-4-6-14)13-16(22)20-9-11-21(12-10-20)26(23,24)17-8-7-15(18)25-17/h2-8H,9-13H2,1H3. The number of hydrogen-bond donors (Lipinski definition) is 0. The molecule has 0 saturated carbocycles. The summed E-state index contributed by atoms with van der Waals surface area (Å²) in [5.74, 6) is -0.00688. The van der Waals surface area contributed by atoms with Gasteiger partial charge in [-0.1, -0.05) is 29.8 Å². The van der Waals surface area contributed by atoms with Gasteiger partial charge in [0.25, 0.3) is 10.0 Å². The van der Waals surface area contributed by atoms with Crippen molar-refractivity contribution in [3.63, 3.8) is 0 Å². The Labute approximate surface area is 162 Å². The first-order chi connectivity index (χ1) is 12.4. The van der Waals surface area contributed by atoms with Gasteiger partial charge in [0.2, 0.25) is 5.91 Å². The van der Waals surface area contributed by atoms with Crippen LogP contribution >= 0.6 is 22.9 Å². The van der Waals surface area contributed by atoms with E-state index in [1.807, 2.05) is 42.3 Å². The van der Waals surface area contributed by atoms with Crippen LogP contribution in [0, 0.1) is 0 Å². The molecule has 140 valence electrons. The predicted molar refractivity (Wildman–Crippen MR) is 104 cm³/mol. The Hall–Kier alpha value is -1.61. The fourth-order valence-electron chi connectivity index (χ4n) is 2.82. The summed E-state index contributed by atoms with van der Waals surface area (Å²) in [5.41, 5.74) is 0.969. The number of piperazine rings is 1. The number of thiophene rings is 1. The van der Waals surface area contributed by atoms with Crippen LogP contribution in [0.15, 0.2) is 46.7 Å². The van der Waals surface area contributed by atoms with Crippen molar-refractivity contribution in [3.05, 3.63) is 46.8 Å². The number of hydrogen-bond acceptors (Lipinski definition) is 5. The van der Waals surface area contributed by atoms with Gasteiger partial charge in [-0.05, 0) is 24.3 Å². The number of anilines is 1. The summed E-state index contributed by atoms with van der Waals surface area (Å²) in [4.78, 5) is 16.1. The Balaban J connectivity index is 1.57. The highest BCUT2D eigenvalue weighted by atomic mass is 35.5. The fourth-order valence-corrected chi connectivity index (χ4v) is 5.88. The van der Waals surface area contributed by atoms with Crippen molar-refractivity contribution in [1.29, 1.82) is 0 Å². The van der Waals surface area contributed by atoms with E-state index in [4.69, 9.17) is 11.6 Å². The van der Waals surface area contributed by atoms with Crippen LogP contribution in [0.1, 0.15) is 0 Å². The third-order valence-electron chi connectivity index (χ3n) is 4.30. The number of likely N-dealkylation sites (N-methyl/N-ethyl adjacent to an activating group) is 1. The second-order valence-corrected chi connectivity index (χ2v) is 9.91. The summed E-state index contributed by atoms with van der Waals surface area (Å²) in [5, 5.41) is 0. The Morgan fingerprint density at radius 1 is 1.12 bits per heavy atom. The van der Waals surface area contributed by atoms with Crippen LogP contribution in [0.2, 0.25) is 4.34 Å². The van der Waals surface area contributed by atoms with E-state index in [1.54, 1.807) is 11.0 Å². The lowest BCUT2D eigenvalue weighted by Crippen LogP contribution is -2.52. The molecule has 2 heterocycles. The summed E-state index contributed by atoms with van der Waals surface area (Å²) >= 11 is 6.90. The minimum Gasteiger partial charge on any atom is -0.365 e. The zero-order chi connectivity index (χ0) is 18.7. The van der Waals surface area contributed by atoms with Crippen LogP contribution < -0.4 is 4.90 Å². The molecule has 1 fully saturated rings. The minimum absolute atomic E-state index is 0.00688. The maximum Gasteiger partial charge on any atom is 0.252 e. The maximum absolute atomic E-state index is 12.6. The molecule has 0 unspecified atom stereocenters. The highest BCUT2D eigenvalue weighted by Crippen LogP contribution is 2.28. The maximum atomic E-state index is 12.6. The van der Waals surface area contributed by atoms with Crippen molar-refractivity contribution in [2.45, 2.75) is 4.21 Å². The van der Waals surface area contributed by atoms with Gasteiger partial charge in [-0.25, -0.2) is 8.42 Å². The number of carbonyl (C=O) groups is 1. The largest absolute Gasteiger partial charge is 0.365 e. The molecular weight excluding hydrogens is 394 g/mol. The lowest BCUT2D eigenvalue weighted by atomic mass is 10.3. The third kappa shape index (κ3) is 4.20. The molecule has 1 aliphatic rings. The van der Waals surface area contributed by atoms with Crippen LogP contribution in [0.3, 0.4) is 0 Å². The second-order valence-electron chi connectivity index (χ2n) is 6.04. The van der Waals surface area contributed by atoms with Crippen molar-refractivity contribution in [2.75, 3.05) is 44.7 Å². The van der Waals surface area contributed by atoms with Crippen molar-refractivity contribution in [2.24, 2.45) is 0 Å². The van der Waals surface area contributed by atoms with Gasteiger partial charge in [0.05, 0.1) is 10.9 Å². The minimum atomic E-state index is -3.54. The number of nitrogens with zero attached hydrogens (tertiary/aromatic N) is 3. The van der Waals surface area contributed by atoms with E-state index in [9.17, 15) is 13.2 Å². The molecule has 0 atom stereocenters. The van der Waals surface area contributed by atoms with Crippen molar-refractivity contribution in [1.82, 2.24) is 9.21 Å². The van der Waals surface area contributed by atoms with E-state index in [-0.39, 0.29) is 16.7 Å². The lowest BCUT2D eigenvalue weighted by Gasteiger charge is -2.34. The zero-order valence-electron chi connectivity index (χ0n) is 14.3. The van der Waals surface area contributed by atoms with Gasteiger partial charge in [0, 0.05) is 38.9 Å². The summed E-state index contributed by atoms with van der Waals surface area (Å²) in [7, 11) is -1.67. The summed E-state index contributed by atoms with van der Waals surface area (Å²) in [6.07, 6.45) is 0. The SMILES string of the molecule is CN(CC(=O)N1CCN(S(=O)(=O)c2ccc(Cl)s2)CC1)c1ccccc1. The second kappa shape index (κ2) is 7.96. The molecule has 0 bridgehead atoms. The lowest BCUT2D eigenvalue weighted by molar-refractivity contribution is -0.130. The molecule has 1 aromatic carbocycles. The Morgan fingerprint density at radius 2 is 1.77 bits per heavy atom. The highest BCUT2D eigenvalue weighted by Gasteiger charge is 2.31. The number of amides is 1. The fraction of sp³-hybridized carbons (Fsp3) is 0.353.